The summed E-state index contributed by atoms with van der Waals surface area (Å²) in [4.78, 5) is 17.6. The number of amides is 1. The van der Waals surface area contributed by atoms with Crippen LogP contribution >= 0.6 is 0 Å². The van der Waals surface area contributed by atoms with E-state index in [1.807, 2.05) is 0 Å². The van der Waals surface area contributed by atoms with Crippen molar-refractivity contribution in [1.82, 2.24) is 9.97 Å². The summed E-state index contributed by atoms with van der Waals surface area (Å²) in [5.41, 5.74) is 5.06. The Morgan fingerprint density at radius 3 is 2.67 bits per heavy atom. The molecule has 0 bridgehead atoms. The number of carbonyl (C=O) groups is 1. The maximum Gasteiger partial charge on any atom is 0.268 e. The minimum absolute atomic E-state index is 0.192. The molecule has 46 valence electrons. The third-order valence-electron chi connectivity index (χ3n) is 0.816. The molecule has 4 nitrogen and oxygen atoms in total. The zero-order chi connectivity index (χ0) is 6.69. The molecule has 0 aliphatic carbocycles. The Kier molecular flexibility index (Phi) is 1.40. The highest BCUT2D eigenvalue weighted by Gasteiger charge is 1.97. The number of carbonyl (C=O) groups excluding carboxylic acids is 1. The fraction of sp³-hybridized carbons (Fsp3) is 0. The quantitative estimate of drug-likeness (QED) is 0.517. The molecule has 0 radical (unpaired) electrons. The average Bonchev–Trinajstić information content (AvgIpc) is 1.90. The van der Waals surface area contributed by atoms with Crippen molar-refractivity contribution in [3.8, 4) is 0 Å². The van der Waals surface area contributed by atoms with E-state index in [2.05, 4.69) is 9.97 Å². The topological polar surface area (TPSA) is 68.9 Å². The molecular weight excluding hydrogens is 119 g/mol. The minimum Gasteiger partial charge on any atom is -0.364 e. The van der Waals surface area contributed by atoms with Crippen LogP contribution in [0.3, 0.4) is 0 Å². The molecule has 2 N–H and O–H groups in total. The Morgan fingerprint density at radius 2 is 2.33 bits per heavy atom. The van der Waals surface area contributed by atoms with Gasteiger partial charge in [0.2, 0.25) is 0 Å². The van der Waals surface area contributed by atoms with Crippen LogP contribution in [0.5, 0.6) is 0 Å². The highest BCUT2D eigenvalue weighted by molar-refractivity contribution is 5.90. The van der Waals surface area contributed by atoms with Crippen LogP contribution in [0.4, 0.5) is 0 Å². The molecule has 0 saturated heterocycles. The van der Waals surface area contributed by atoms with E-state index < -0.39 is 5.91 Å². The van der Waals surface area contributed by atoms with Crippen LogP contribution in [0.1, 0.15) is 10.5 Å². The molecule has 0 aliphatic rings. The van der Waals surface area contributed by atoms with Crippen molar-refractivity contribution in [2.45, 2.75) is 0 Å². The standard InChI is InChI=1S/C5H5N3O/c6-5(9)4-3-7-1-2-8-4/h1-3H,(H2,6,9)/i6+1. The van der Waals surface area contributed by atoms with Gasteiger partial charge in [-0.1, -0.05) is 0 Å². The highest BCUT2D eigenvalue weighted by atomic mass is 16.2. The van der Waals surface area contributed by atoms with Crippen molar-refractivity contribution in [2.24, 2.45) is 5.73 Å². The first-order chi connectivity index (χ1) is 4.30. The van der Waals surface area contributed by atoms with Crippen molar-refractivity contribution < 1.29 is 4.79 Å². The Hall–Kier alpha value is -1.45. The molecule has 0 saturated carbocycles. The number of primary amides is 1. The lowest BCUT2D eigenvalue weighted by atomic mass is 10.5. The van der Waals surface area contributed by atoms with Crippen LogP contribution in [-0.2, 0) is 0 Å². The van der Waals surface area contributed by atoms with E-state index in [4.69, 9.17) is 5.73 Å². The molecule has 0 aliphatic heterocycles. The van der Waals surface area contributed by atoms with E-state index in [1.54, 1.807) is 0 Å². The van der Waals surface area contributed by atoms with Gasteiger partial charge in [0.1, 0.15) is 5.69 Å². The Labute approximate surface area is 51.7 Å². The van der Waals surface area contributed by atoms with Gasteiger partial charge in [0.25, 0.3) is 5.91 Å². The van der Waals surface area contributed by atoms with Gasteiger partial charge in [-0.05, 0) is 0 Å². The monoisotopic (exact) mass is 124 g/mol. The largest absolute Gasteiger partial charge is 0.364 e. The van der Waals surface area contributed by atoms with Crippen molar-refractivity contribution >= 4 is 5.91 Å². The Morgan fingerprint density at radius 1 is 1.56 bits per heavy atom. The molecule has 0 fully saturated rings. The zero-order valence-corrected chi connectivity index (χ0v) is 4.61. The Bertz CT molecular complexity index is 209. The summed E-state index contributed by atoms with van der Waals surface area (Å²) >= 11 is 0. The maximum absolute atomic E-state index is 10.3. The molecule has 0 unspecified atom stereocenters. The van der Waals surface area contributed by atoms with Crippen molar-refractivity contribution in [3.63, 3.8) is 0 Å². The summed E-state index contributed by atoms with van der Waals surface area (Å²) in [6.07, 6.45) is 4.22. The first-order valence-electron chi connectivity index (χ1n) is 2.36. The van der Waals surface area contributed by atoms with E-state index in [0.29, 0.717) is 0 Å². The van der Waals surface area contributed by atoms with Gasteiger partial charge in [0.15, 0.2) is 0 Å². The van der Waals surface area contributed by atoms with E-state index in [0.717, 1.165) is 0 Å². The third kappa shape index (κ3) is 1.22. The molecule has 0 spiro atoms. The fourth-order valence-electron chi connectivity index (χ4n) is 0.426. The smallest absolute Gasteiger partial charge is 0.268 e. The second-order valence-electron chi connectivity index (χ2n) is 1.45. The van der Waals surface area contributed by atoms with Gasteiger partial charge in [0, 0.05) is 12.4 Å². The molecule has 4 heteroatoms. The lowest BCUT2D eigenvalue weighted by Gasteiger charge is -1.87. The summed E-state index contributed by atoms with van der Waals surface area (Å²) in [5.74, 6) is -0.553. The van der Waals surface area contributed by atoms with Gasteiger partial charge in [0.05, 0.1) is 6.20 Å². The average molecular weight is 124 g/mol. The van der Waals surface area contributed by atoms with Crippen LogP contribution in [0.2, 0.25) is 0 Å². The second kappa shape index (κ2) is 2.21. The first kappa shape index (κ1) is 5.68. The number of nitrogens with two attached hydrogens (primary N) is 1. The van der Waals surface area contributed by atoms with E-state index in [1.165, 1.54) is 18.6 Å². The van der Waals surface area contributed by atoms with Crippen LogP contribution in [0, 0.1) is 0 Å². The van der Waals surface area contributed by atoms with E-state index in [9.17, 15) is 4.79 Å². The van der Waals surface area contributed by atoms with E-state index in [-0.39, 0.29) is 5.69 Å². The van der Waals surface area contributed by atoms with Crippen LogP contribution in [-0.4, -0.2) is 15.9 Å². The summed E-state index contributed by atoms with van der Waals surface area (Å²) < 4.78 is 0. The van der Waals surface area contributed by atoms with Crippen LogP contribution in [0.25, 0.3) is 0 Å². The van der Waals surface area contributed by atoms with Crippen LogP contribution in [0.15, 0.2) is 18.6 Å². The third-order valence-corrected chi connectivity index (χ3v) is 0.816. The lowest BCUT2D eigenvalue weighted by molar-refractivity contribution is 0.0995. The molecule has 0 aromatic carbocycles. The molecule has 1 rings (SSSR count). The lowest BCUT2D eigenvalue weighted by Crippen LogP contribution is -2.12. The maximum atomic E-state index is 10.3. The SMILES string of the molecule is [15NH2]C(=O)c1cnccn1. The van der Waals surface area contributed by atoms with Gasteiger partial charge < -0.3 is 5.73 Å². The van der Waals surface area contributed by atoms with Gasteiger partial charge >= 0.3 is 0 Å². The molecule has 1 aromatic rings. The summed E-state index contributed by atoms with van der Waals surface area (Å²) in [5, 5.41) is 0. The molecule has 1 heterocycles. The molecule has 9 heavy (non-hydrogen) atoms. The van der Waals surface area contributed by atoms with Crippen LogP contribution < -0.4 is 5.73 Å². The number of hydrogen-bond acceptors (Lipinski definition) is 3. The predicted molar refractivity (Wildman–Crippen MR) is 30.5 cm³/mol. The minimum atomic E-state index is -0.553. The molecule has 1 aromatic heterocycles. The molecular formula is C5H5N3O. The zero-order valence-electron chi connectivity index (χ0n) is 4.61. The second-order valence-corrected chi connectivity index (χ2v) is 1.45. The van der Waals surface area contributed by atoms with Crippen molar-refractivity contribution in [2.75, 3.05) is 0 Å². The summed E-state index contributed by atoms with van der Waals surface area (Å²) in [6.45, 7) is 0. The van der Waals surface area contributed by atoms with Gasteiger partial charge in [-0.15, -0.1) is 0 Å². The van der Waals surface area contributed by atoms with E-state index >= 15 is 0 Å². The first-order valence-corrected chi connectivity index (χ1v) is 2.36. The Balaban J connectivity index is 2.98. The fourth-order valence-corrected chi connectivity index (χ4v) is 0.426. The number of nitrogens with zero attached hydrogens (tertiary/aromatic N) is 2. The van der Waals surface area contributed by atoms with Crippen molar-refractivity contribution in [3.05, 3.63) is 24.3 Å². The van der Waals surface area contributed by atoms with Gasteiger partial charge in [-0.3, -0.25) is 9.78 Å². The number of hydrogen-bond donors (Lipinski definition) is 1. The molecule has 0 atom stereocenters. The van der Waals surface area contributed by atoms with Gasteiger partial charge in [-0.2, -0.15) is 0 Å². The van der Waals surface area contributed by atoms with Crippen molar-refractivity contribution in [1.29, 1.82) is 0 Å². The highest BCUT2D eigenvalue weighted by Crippen LogP contribution is 1.84. The number of rotatable bonds is 1. The van der Waals surface area contributed by atoms with Gasteiger partial charge in [-0.25, -0.2) is 4.98 Å². The molecule has 1 amide bonds. The normalized spacial score (nSPS) is 8.89. The summed E-state index contributed by atoms with van der Waals surface area (Å²) in [7, 11) is 0. The number of aromatic nitrogens is 2. The summed E-state index contributed by atoms with van der Waals surface area (Å²) in [6, 6.07) is 0. The predicted octanol–water partition coefficient (Wildman–Crippen LogP) is -0.425.